The minimum atomic E-state index is 0.116. The highest BCUT2D eigenvalue weighted by atomic mass is 16.2. The van der Waals surface area contributed by atoms with E-state index >= 15 is 0 Å². The third kappa shape index (κ3) is 2.82. The van der Waals surface area contributed by atoms with Crippen molar-refractivity contribution in [2.24, 2.45) is 5.73 Å². The van der Waals surface area contributed by atoms with Crippen molar-refractivity contribution in [3.05, 3.63) is 11.9 Å². The molecular formula is C11H19N5O. The average molecular weight is 237 g/mol. The van der Waals surface area contributed by atoms with E-state index in [9.17, 15) is 4.79 Å². The van der Waals surface area contributed by atoms with Gasteiger partial charge in [-0.05, 0) is 26.2 Å². The molecule has 0 radical (unpaired) electrons. The number of amides is 1. The first kappa shape index (κ1) is 12.0. The van der Waals surface area contributed by atoms with Gasteiger partial charge in [0.05, 0.1) is 11.9 Å². The maximum Gasteiger partial charge on any atom is 0.244 e. The first-order chi connectivity index (χ1) is 8.20. The lowest BCUT2D eigenvalue weighted by atomic mass is 10.0. The van der Waals surface area contributed by atoms with Crippen molar-refractivity contribution in [2.75, 3.05) is 6.54 Å². The van der Waals surface area contributed by atoms with Gasteiger partial charge in [-0.1, -0.05) is 5.21 Å². The highest BCUT2D eigenvalue weighted by Crippen LogP contribution is 2.16. The summed E-state index contributed by atoms with van der Waals surface area (Å²) in [5, 5.41) is 7.76. The number of hydrogen-bond donors (Lipinski definition) is 1. The van der Waals surface area contributed by atoms with Gasteiger partial charge in [0, 0.05) is 19.1 Å². The van der Waals surface area contributed by atoms with Crippen molar-refractivity contribution in [2.45, 2.75) is 45.3 Å². The number of piperidine rings is 1. The van der Waals surface area contributed by atoms with E-state index in [1.807, 2.05) is 4.90 Å². The SMILES string of the molecule is C[C@H]1CCCCN1C(=O)Cn1cc(CN)nn1. The van der Waals surface area contributed by atoms with Gasteiger partial charge < -0.3 is 10.6 Å². The van der Waals surface area contributed by atoms with E-state index in [-0.39, 0.29) is 12.5 Å². The van der Waals surface area contributed by atoms with Gasteiger partial charge in [-0.15, -0.1) is 5.10 Å². The molecule has 2 rings (SSSR count). The Labute approximate surface area is 101 Å². The number of nitrogens with two attached hydrogens (primary N) is 1. The van der Waals surface area contributed by atoms with Crippen molar-refractivity contribution in [1.29, 1.82) is 0 Å². The Balaban J connectivity index is 1.95. The van der Waals surface area contributed by atoms with Crippen molar-refractivity contribution >= 4 is 5.91 Å². The number of aromatic nitrogens is 3. The van der Waals surface area contributed by atoms with Gasteiger partial charge in [0.2, 0.25) is 5.91 Å². The predicted octanol–water partition coefficient (Wildman–Crippen LogP) is 0.138. The Kier molecular flexibility index (Phi) is 3.73. The van der Waals surface area contributed by atoms with Crippen molar-refractivity contribution in [3.8, 4) is 0 Å². The summed E-state index contributed by atoms with van der Waals surface area (Å²) >= 11 is 0. The van der Waals surface area contributed by atoms with Crippen molar-refractivity contribution in [1.82, 2.24) is 19.9 Å². The van der Waals surface area contributed by atoms with E-state index in [1.165, 1.54) is 6.42 Å². The molecule has 1 fully saturated rings. The molecule has 0 aliphatic carbocycles. The monoisotopic (exact) mass is 237 g/mol. The van der Waals surface area contributed by atoms with Crippen LogP contribution in [-0.4, -0.2) is 38.4 Å². The van der Waals surface area contributed by atoms with Crippen LogP contribution < -0.4 is 5.73 Å². The fourth-order valence-corrected chi connectivity index (χ4v) is 2.21. The number of hydrogen-bond acceptors (Lipinski definition) is 4. The molecular weight excluding hydrogens is 218 g/mol. The second kappa shape index (κ2) is 5.27. The molecule has 6 heteroatoms. The molecule has 0 aromatic carbocycles. The molecule has 1 aliphatic rings. The van der Waals surface area contributed by atoms with Crippen LogP contribution in [0.5, 0.6) is 0 Å². The Bertz CT molecular complexity index is 389. The van der Waals surface area contributed by atoms with Gasteiger partial charge in [-0.3, -0.25) is 4.79 Å². The van der Waals surface area contributed by atoms with E-state index in [1.54, 1.807) is 10.9 Å². The van der Waals surface area contributed by atoms with Crippen LogP contribution in [0.25, 0.3) is 0 Å². The quantitative estimate of drug-likeness (QED) is 0.811. The van der Waals surface area contributed by atoms with E-state index < -0.39 is 0 Å². The Morgan fingerprint density at radius 3 is 3.06 bits per heavy atom. The molecule has 1 aliphatic heterocycles. The largest absolute Gasteiger partial charge is 0.338 e. The zero-order valence-electron chi connectivity index (χ0n) is 10.2. The molecule has 0 unspecified atom stereocenters. The zero-order chi connectivity index (χ0) is 12.3. The number of carbonyl (C=O) groups is 1. The first-order valence-corrected chi connectivity index (χ1v) is 6.09. The number of nitrogens with zero attached hydrogens (tertiary/aromatic N) is 4. The minimum Gasteiger partial charge on any atom is -0.338 e. The molecule has 17 heavy (non-hydrogen) atoms. The molecule has 1 amide bonds. The fraction of sp³-hybridized carbons (Fsp3) is 0.727. The number of rotatable bonds is 3. The second-order valence-electron chi connectivity index (χ2n) is 4.54. The smallest absolute Gasteiger partial charge is 0.244 e. The molecule has 1 aromatic heterocycles. The molecule has 2 N–H and O–H groups in total. The first-order valence-electron chi connectivity index (χ1n) is 6.09. The average Bonchev–Trinajstić information content (AvgIpc) is 2.77. The summed E-state index contributed by atoms with van der Waals surface area (Å²) in [6.45, 7) is 3.58. The van der Waals surface area contributed by atoms with Gasteiger partial charge >= 0.3 is 0 Å². The molecule has 6 nitrogen and oxygen atoms in total. The lowest BCUT2D eigenvalue weighted by molar-refractivity contribution is -0.135. The van der Waals surface area contributed by atoms with Gasteiger partial charge in [-0.2, -0.15) is 0 Å². The molecule has 94 valence electrons. The lowest BCUT2D eigenvalue weighted by Crippen LogP contribution is -2.43. The third-order valence-electron chi connectivity index (χ3n) is 3.22. The van der Waals surface area contributed by atoms with Crippen molar-refractivity contribution in [3.63, 3.8) is 0 Å². The highest BCUT2D eigenvalue weighted by molar-refractivity contribution is 5.76. The lowest BCUT2D eigenvalue weighted by Gasteiger charge is -2.33. The van der Waals surface area contributed by atoms with Crippen LogP contribution in [0.2, 0.25) is 0 Å². The second-order valence-corrected chi connectivity index (χ2v) is 4.54. The standard InChI is InChI=1S/C11H19N5O/c1-9-4-2-3-5-16(9)11(17)8-15-7-10(6-12)13-14-15/h7,9H,2-6,8,12H2,1H3/t9-/m0/s1. The topological polar surface area (TPSA) is 77.0 Å². The molecule has 0 bridgehead atoms. The van der Waals surface area contributed by atoms with E-state index in [0.717, 1.165) is 19.4 Å². The maximum absolute atomic E-state index is 12.1. The molecule has 1 atom stereocenters. The Morgan fingerprint density at radius 2 is 2.41 bits per heavy atom. The Morgan fingerprint density at radius 1 is 1.59 bits per heavy atom. The van der Waals surface area contributed by atoms with E-state index in [4.69, 9.17) is 5.73 Å². The predicted molar refractivity (Wildman–Crippen MR) is 62.9 cm³/mol. The Hall–Kier alpha value is -1.43. The van der Waals surface area contributed by atoms with E-state index in [2.05, 4.69) is 17.2 Å². The minimum absolute atomic E-state index is 0.116. The molecule has 2 heterocycles. The van der Waals surface area contributed by atoms with Gasteiger partial charge in [0.25, 0.3) is 0 Å². The van der Waals surface area contributed by atoms with Crippen LogP contribution in [0.4, 0.5) is 0 Å². The normalized spacial score (nSPS) is 20.6. The summed E-state index contributed by atoms with van der Waals surface area (Å²) < 4.78 is 1.56. The number of carbonyl (C=O) groups excluding carboxylic acids is 1. The maximum atomic E-state index is 12.1. The van der Waals surface area contributed by atoms with Crippen LogP contribution in [0.15, 0.2) is 6.20 Å². The fourth-order valence-electron chi connectivity index (χ4n) is 2.21. The highest BCUT2D eigenvalue weighted by Gasteiger charge is 2.23. The van der Waals surface area contributed by atoms with Crippen LogP contribution in [-0.2, 0) is 17.9 Å². The van der Waals surface area contributed by atoms with Crippen molar-refractivity contribution < 1.29 is 4.79 Å². The summed E-state index contributed by atoms with van der Waals surface area (Å²) in [6.07, 6.45) is 5.14. The van der Waals surface area contributed by atoms with Gasteiger partial charge in [0.15, 0.2) is 0 Å². The van der Waals surface area contributed by atoms with Crippen LogP contribution >= 0.6 is 0 Å². The molecule has 1 aromatic rings. The summed E-state index contributed by atoms with van der Waals surface area (Å²) in [7, 11) is 0. The van der Waals surface area contributed by atoms with Gasteiger partial charge in [0.1, 0.15) is 6.54 Å². The number of likely N-dealkylation sites (tertiary alicyclic amines) is 1. The molecule has 0 spiro atoms. The zero-order valence-corrected chi connectivity index (χ0v) is 10.2. The van der Waals surface area contributed by atoms with Gasteiger partial charge in [-0.25, -0.2) is 4.68 Å². The summed E-state index contributed by atoms with van der Waals surface area (Å²) in [5.74, 6) is 0.116. The summed E-state index contributed by atoms with van der Waals surface area (Å²) in [4.78, 5) is 14.0. The third-order valence-corrected chi connectivity index (χ3v) is 3.22. The summed E-state index contributed by atoms with van der Waals surface area (Å²) in [5.41, 5.74) is 6.16. The van der Waals surface area contributed by atoms with Crippen LogP contribution in [0.1, 0.15) is 31.9 Å². The van der Waals surface area contributed by atoms with E-state index in [0.29, 0.717) is 18.3 Å². The summed E-state index contributed by atoms with van der Waals surface area (Å²) in [6, 6.07) is 0.341. The van der Waals surface area contributed by atoms with Crippen LogP contribution in [0.3, 0.4) is 0 Å². The van der Waals surface area contributed by atoms with Crippen LogP contribution in [0, 0.1) is 0 Å². The molecule has 1 saturated heterocycles. The molecule has 0 saturated carbocycles.